The van der Waals surface area contributed by atoms with Gasteiger partial charge in [-0.2, -0.15) is 0 Å². The molecule has 2 atom stereocenters. The van der Waals surface area contributed by atoms with E-state index in [1.54, 1.807) is 35.6 Å². The summed E-state index contributed by atoms with van der Waals surface area (Å²) >= 11 is 3.04. The fourth-order valence-electron chi connectivity index (χ4n) is 4.91. The van der Waals surface area contributed by atoms with Gasteiger partial charge in [-0.25, -0.2) is 4.79 Å². The first-order valence-corrected chi connectivity index (χ1v) is 13.7. The Bertz CT molecular complexity index is 1260. The van der Waals surface area contributed by atoms with Crippen LogP contribution in [0.2, 0.25) is 0 Å². The Morgan fingerprint density at radius 3 is 2.74 bits per heavy atom. The molecule has 1 aliphatic heterocycles. The van der Waals surface area contributed by atoms with E-state index < -0.39 is 12.1 Å². The SMILES string of the molecule is CCC(C)(C)C1CCc2c(sc3c2C(=O)NC(c2ccc(OC(=O)c4cccs4)c(OC)c2)N3)C1. The molecule has 2 unspecified atom stereocenters. The quantitative estimate of drug-likeness (QED) is 0.295. The molecule has 1 aromatic carbocycles. The summed E-state index contributed by atoms with van der Waals surface area (Å²) in [5.41, 5.74) is 3.15. The lowest BCUT2D eigenvalue weighted by atomic mass is 9.69. The molecule has 2 aliphatic rings. The number of methoxy groups -OCH3 is 1. The second-order valence-corrected chi connectivity index (χ2v) is 11.9. The molecule has 5 rings (SSSR count). The standard InChI is InChI=1S/C27H30N2O4S2/c1-5-27(2,3)16-9-10-17-21(14-16)35-25-22(17)24(30)28-23(29-25)15-8-11-18(19(13-15)32-4)33-26(31)20-7-6-12-34-20/h6-8,11-13,16,23,29H,5,9-10,14H2,1-4H3,(H,28,30). The fraction of sp³-hybridized carbons (Fsp3) is 0.407. The number of anilines is 1. The molecule has 2 N–H and O–H groups in total. The highest BCUT2D eigenvalue weighted by molar-refractivity contribution is 7.16. The van der Waals surface area contributed by atoms with Crippen LogP contribution in [0.15, 0.2) is 35.7 Å². The van der Waals surface area contributed by atoms with E-state index in [0.29, 0.717) is 27.7 Å². The van der Waals surface area contributed by atoms with Crippen LogP contribution in [0.5, 0.6) is 11.5 Å². The van der Waals surface area contributed by atoms with Crippen LogP contribution in [0.1, 0.15) is 75.8 Å². The number of esters is 1. The van der Waals surface area contributed by atoms with Crippen molar-refractivity contribution in [2.45, 2.75) is 52.6 Å². The highest BCUT2D eigenvalue weighted by atomic mass is 32.1. The topological polar surface area (TPSA) is 76.7 Å². The van der Waals surface area contributed by atoms with E-state index in [1.165, 1.54) is 28.9 Å². The lowest BCUT2D eigenvalue weighted by Gasteiger charge is -2.36. The Labute approximate surface area is 213 Å². The van der Waals surface area contributed by atoms with Crippen molar-refractivity contribution in [3.8, 4) is 11.5 Å². The van der Waals surface area contributed by atoms with Crippen LogP contribution in [0.3, 0.4) is 0 Å². The van der Waals surface area contributed by atoms with E-state index >= 15 is 0 Å². The predicted molar refractivity (Wildman–Crippen MR) is 140 cm³/mol. The number of hydrogen-bond donors (Lipinski definition) is 2. The summed E-state index contributed by atoms with van der Waals surface area (Å²) in [7, 11) is 1.54. The number of carbonyl (C=O) groups is 2. The van der Waals surface area contributed by atoms with Gasteiger partial charge in [-0.05, 0) is 65.3 Å². The number of amides is 1. The van der Waals surface area contributed by atoms with Gasteiger partial charge in [0, 0.05) is 4.88 Å². The van der Waals surface area contributed by atoms with E-state index in [9.17, 15) is 9.59 Å². The number of benzene rings is 1. The van der Waals surface area contributed by atoms with Gasteiger partial charge in [-0.1, -0.05) is 39.3 Å². The van der Waals surface area contributed by atoms with E-state index in [-0.39, 0.29) is 5.91 Å². The number of fused-ring (bicyclic) bond motifs is 3. The van der Waals surface area contributed by atoms with Gasteiger partial charge in [-0.15, -0.1) is 22.7 Å². The van der Waals surface area contributed by atoms with Crippen molar-refractivity contribution in [3.05, 3.63) is 62.2 Å². The summed E-state index contributed by atoms with van der Waals surface area (Å²) in [4.78, 5) is 27.4. The van der Waals surface area contributed by atoms with Crippen molar-refractivity contribution in [2.24, 2.45) is 11.3 Å². The number of hydrogen-bond acceptors (Lipinski definition) is 7. The largest absolute Gasteiger partial charge is 0.493 e. The maximum absolute atomic E-state index is 13.2. The Balaban J connectivity index is 1.37. The summed E-state index contributed by atoms with van der Waals surface area (Å²) in [6, 6.07) is 8.88. The summed E-state index contributed by atoms with van der Waals surface area (Å²) in [6.07, 6.45) is 3.86. The smallest absolute Gasteiger partial charge is 0.353 e. The van der Waals surface area contributed by atoms with Gasteiger partial charge >= 0.3 is 5.97 Å². The van der Waals surface area contributed by atoms with E-state index in [1.807, 2.05) is 11.4 Å². The lowest BCUT2D eigenvalue weighted by molar-refractivity contribution is 0.0734. The van der Waals surface area contributed by atoms with Crippen molar-refractivity contribution < 1.29 is 19.1 Å². The Morgan fingerprint density at radius 1 is 1.20 bits per heavy atom. The average molecular weight is 511 g/mol. The van der Waals surface area contributed by atoms with Gasteiger partial charge < -0.3 is 20.1 Å². The van der Waals surface area contributed by atoms with Crippen molar-refractivity contribution in [2.75, 3.05) is 12.4 Å². The van der Waals surface area contributed by atoms with E-state index in [4.69, 9.17) is 9.47 Å². The molecule has 0 fully saturated rings. The van der Waals surface area contributed by atoms with E-state index in [2.05, 4.69) is 31.4 Å². The summed E-state index contributed by atoms with van der Waals surface area (Å²) in [5.74, 6) is 0.945. The van der Waals surface area contributed by atoms with Crippen LogP contribution in [0.4, 0.5) is 5.00 Å². The van der Waals surface area contributed by atoms with Gasteiger partial charge in [0.25, 0.3) is 5.91 Å². The van der Waals surface area contributed by atoms with Crippen molar-refractivity contribution >= 4 is 39.6 Å². The number of thiophene rings is 2. The van der Waals surface area contributed by atoms with Gasteiger partial charge in [-0.3, -0.25) is 4.79 Å². The number of nitrogens with one attached hydrogen (secondary N) is 2. The molecule has 3 aromatic rings. The zero-order chi connectivity index (χ0) is 24.7. The molecule has 8 heteroatoms. The average Bonchev–Trinajstić information content (AvgIpc) is 3.52. The van der Waals surface area contributed by atoms with Crippen molar-refractivity contribution in [1.82, 2.24) is 5.32 Å². The number of carbonyl (C=O) groups excluding carboxylic acids is 2. The molecular formula is C27H30N2O4S2. The minimum Gasteiger partial charge on any atom is -0.493 e. The van der Waals surface area contributed by atoms with Crippen LogP contribution >= 0.6 is 22.7 Å². The van der Waals surface area contributed by atoms with Crippen molar-refractivity contribution in [1.29, 1.82) is 0 Å². The highest BCUT2D eigenvalue weighted by Crippen LogP contribution is 2.47. The molecule has 0 saturated heterocycles. The molecule has 3 heterocycles. The second-order valence-electron chi connectivity index (χ2n) is 9.82. The van der Waals surface area contributed by atoms with Gasteiger partial charge in [0.15, 0.2) is 11.5 Å². The minimum atomic E-state index is -0.423. The highest BCUT2D eigenvalue weighted by Gasteiger charge is 2.37. The first-order valence-electron chi connectivity index (χ1n) is 12.0. The lowest BCUT2D eigenvalue weighted by Crippen LogP contribution is -2.38. The molecule has 184 valence electrons. The van der Waals surface area contributed by atoms with Crippen LogP contribution < -0.4 is 20.1 Å². The third kappa shape index (κ3) is 4.45. The van der Waals surface area contributed by atoms with Crippen molar-refractivity contribution in [3.63, 3.8) is 0 Å². The Hall–Kier alpha value is -2.84. The number of ether oxygens (including phenoxy) is 2. The van der Waals surface area contributed by atoms with Crippen LogP contribution in [-0.4, -0.2) is 19.0 Å². The zero-order valence-electron chi connectivity index (χ0n) is 20.4. The number of rotatable bonds is 6. The third-order valence-electron chi connectivity index (χ3n) is 7.51. The molecule has 1 amide bonds. The summed E-state index contributed by atoms with van der Waals surface area (Å²) in [5, 5.41) is 9.40. The molecule has 0 bridgehead atoms. The van der Waals surface area contributed by atoms with Gasteiger partial charge in [0.05, 0.1) is 12.7 Å². The molecule has 0 radical (unpaired) electrons. The Morgan fingerprint density at radius 2 is 2.03 bits per heavy atom. The normalized spacial score (nSPS) is 19.3. The third-order valence-corrected chi connectivity index (χ3v) is 9.54. The molecule has 35 heavy (non-hydrogen) atoms. The maximum Gasteiger partial charge on any atom is 0.353 e. The second kappa shape index (κ2) is 9.32. The Kier molecular flexibility index (Phi) is 6.36. The molecule has 0 saturated carbocycles. The monoisotopic (exact) mass is 510 g/mol. The summed E-state index contributed by atoms with van der Waals surface area (Å²) < 4.78 is 11.0. The molecule has 1 aliphatic carbocycles. The molecule has 2 aromatic heterocycles. The zero-order valence-corrected chi connectivity index (χ0v) is 22.0. The van der Waals surface area contributed by atoms with E-state index in [0.717, 1.165) is 41.8 Å². The van der Waals surface area contributed by atoms with Crippen LogP contribution in [0, 0.1) is 11.3 Å². The fourth-order valence-corrected chi connectivity index (χ4v) is 6.87. The van der Waals surface area contributed by atoms with Gasteiger partial charge in [0.1, 0.15) is 16.0 Å². The minimum absolute atomic E-state index is 0.0402. The molecule has 6 nitrogen and oxygen atoms in total. The molecular weight excluding hydrogens is 480 g/mol. The first kappa shape index (κ1) is 23.9. The predicted octanol–water partition coefficient (Wildman–Crippen LogP) is 6.43. The molecule has 0 spiro atoms. The maximum atomic E-state index is 13.2. The van der Waals surface area contributed by atoms with Gasteiger partial charge in [0.2, 0.25) is 0 Å². The first-order chi connectivity index (χ1) is 16.8. The van der Waals surface area contributed by atoms with Crippen LogP contribution in [-0.2, 0) is 12.8 Å². The summed E-state index contributed by atoms with van der Waals surface area (Å²) in [6.45, 7) is 6.97. The van der Waals surface area contributed by atoms with Crippen LogP contribution in [0.25, 0.3) is 0 Å².